The molecule has 4 N–H and O–H groups in total. The zero-order valence-corrected chi connectivity index (χ0v) is 13.8. The number of hydrogen-bond donors (Lipinski definition) is 4. The Bertz CT molecular complexity index is 674. The van der Waals surface area contributed by atoms with Crippen molar-refractivity contribution in [2.24, 2.45) is 0 Å². The predicted molar refractivity (Wildman–Crippen MR) is 90.9 cm³/mol. The first-order chi connectivity index (χ1) is 11.5. The lowest BCUT2D eigenvalue weighted by atomic mass is 10.1. The molecule has 0 aliphatic heterocycles. The predicted octanol–water partition coefficient (Wildman–Crippen LogP) is 1.98. The number of methoxy groups -OCH3 is 2. The van der Waals surface area contributed by atoms with Crippen LogP contribution in [0.2, 0.25) is 0 Å². The molecule has 2 rings (SSSR count). The van der Waals surface area contributed by atoms with Crippen LogP contribution in [-0.2, 0) is 6.42 Å². The Balaban J connectivity index is 1.83. The van der Waals surface area contributed by atoms with Crippen molar-refractivity contribution in [3.05, 3.63) is 47.5 Å². The first-order valence-corrected chi connectivity index (χ1v) is 7.66. The molecule has 2 aromatic carbocycles. The Morgan fingerprint density at radius 2 is 1.58 bits per heavy atom. The molecule has 6 nitrogen and oxygen atoms in total. The van der Waals surface area contributed by atoms with Crippen molar-refractivity contribution in [1.29, 1.82) is 0 Å². The summed E-state index contributed by atoms with van der Waals surface area (Å²) in [5.74, 6) is 0.944. The molecule has 0 spiro atoms. The summed E-state index contributed by atoms with van der Waals surface area (Å²) in [7, 11) is 2.98. The third-order valence-electron chi connectivity index (χ3n) is 3.76. The molecule has 0 saturated heterocycles. The monoisotopic (exact) mass is 333 g/mol. The molecule has 0 aromatic heterocycles. The number of aliphatic hydroxyl groups excluding tert-OH is 1. The molecule has 0 radical (unpaired) electrons. The van der Waals surface area contributed by atoms with Crippen LogP contribution in [0.3, 0.4) is 0 Å². The summed E-state index contributed by atoms with van der Waals surface area (Å²) in [4.78, 5) is 0. The number of phenolic OH excluding ortho intramolecular Hbond substituents is 2. The third kappa shape index (κ3) is 4.53. The number of aromatic hydroxyl groups is 2. The van der Waals surface area contributed by atoms with Crippen molar-refractivity contribution in [2.75, 3.05) is 27.3 Å². The number of ether oxygens (including phenoxy) is 2. The second-order valence-corrected chi connectivity index (χ2v) is 5.41. The van der Waals surface area contributed by atoms with E-state index in [0.717, 1.165) is 12.0 Å². The fraction of sp³-hybridized carbons (Fsp3) is 0.333. The summed E-state index contributed by atoms with van der Waals surface area (Å²) in [5, 5.41) is 32.5. The molecular weight excluding hydrogens is 310 g/mol. The van der Waals surface area contributed by atoms with Gasteiger partial charge < -0.3 is 30.1 Å². The minimum Gasteiger partial charge on any atom is -0.504 e. The zero-order valence-electron chi connectivity index (χ0n) is 13.8. The van der Waals surface area contributed by atoms with Gasteiger partial charge in [-0.2, -0.15) is 0 Å². The van der Waals surface area contributed by atoms with Gasteiger partial charge in [-0.15, -0.1) is 0 Å². The van der Waals surface area contributed by atoms with Gasteiger partial charge in [0.15, 0.2) is 23.0 Å². The van der Waals surface area contributed by atoms with E-state index in [1.54, 1.807) is 24.3 Å². The van der Waals surface area contributed by atoms with Gasteiger partial charge in [-0.05, 0) is 48.4 Å². The van der Waals surface area contributed by atoms with Crippen LogP contribution < -0.4 is 14.8 Å². The zero-order chi connectivity index (χ0) is 17.5. The molecule has 6 heteroatoms. The Labute approximate surface area is 141 Å². The van der Waals surface area contributed by atoms with Gasteiger partial charge in [-0.3, -0.25) is 0 Å². The molecule has 2 aromatic rings. The number of aliphatic hydroxyl groups is 1. The fourth-order valence-corrected chi connectivity index (χ4v) is 2.37. The number of nitrogens with one attached hydrogen (secondary N) is 1. The Hall–Kier alpha value is -2.44. The molecule has 0 aliphatic carbocycles. The van der Waals surface area contributed by atoms with E-state index >= 15 is 0 Å². The molecule has 1 atom stereocenters. The van der Waals surface area contributed by atoms with Crippen molar-refractivity contribution in [3.63, 3.8) is 0 Å². The smallest absolute Gasteiger partial charge is 0.160 e. The third-order valence-corrected chi connectivity index (χ3v) is 3.76. The van der Waals surface area contributed by atoms with E-state index in [2.05, 4.69) is 5.32 Å². The SMILES string of the molecule is COc1cc(CCNCC(O)c2ccc(O)c(OC)c2)ccc1O. The highest BCUT2D eigenvalue weighted by Gasteiger charge is 2.10. The number of phenols is 2. The lowest BCUT2D eigenvalue weighted by Gasteiger charge is -2.14. The van der Waals surface area contributed by atoms with Crippen LogP contribution in [0.25, 0.3) is 0 Å². The molecule has 0 heterocycles. The lowest BCUT2D eigenvalue weighted by Crippen LogP contribution is -2.23. The maximum absolute atomic E-state index is 10.2. The number of rotatable bonds is 8. The van der Waals surface area contributed by atoms with Gasteiger partial charge in [0.2, 0.25) is 0 Å². The Morgan fingerprint density at radius 3 is 2.25 bits per heavy atom. The van der Waals surface area contributed by atoms with Gasteiger partial charge in [-0.1, -0.05) is 12.1 Å². The number of hydrogen-bond acceptors (Lipinski definition) is 6. The second-order valence-electron chi connectivity index (χ2n) is 5.41. The van der Waals surface area contributed by atoms with E-state index in [4.69, 9.17) is 9.47 Å². The lowest BCUT2D eigenvalue weighted by molar-refractivity contribution is 0.174. The van der Waals surface area contributed by atoms with E-state index in [9.17, 15) is 15.3 Å². The molecule has 0 bridgehead atoms. The average Bonchev–Trinajstić information content (AvgIpc) is 2.60. The van der Waals surface area contributed by atoms with Crippen LogP contribution in [0.1, 0.15) is 17.2 Å². The summed E-state index contributed by atoms with van der Waals surface area (Å²) in [6, 6.07) is 10.0. The highest BCUT2D eigenvalue weighted by atomic mass is 16.5. The van der Waals surface area contributed by atoms with E-state index in [0.29, 0.717) is 30.2 Å². The highest BCUT2D eigenvalue weighted by molar-refractivity contribution is 5.43. The maximum Gasteiger partial charge on any atom is 0.160 e. The van der Waals surface area contributed by atoms with Crippen LogP contribution in [0.5, 0.6) is 23.0 Å². The van der Waals surface area contributed by atoms with Gasteiger partial charge in [0.1, 0.15) is 0 Å². The summed E-state index contributed by atoms with van der Waals surface area (Å²) >= 11 is 0. The van der Waals surface area contributed by atoms with Crippen LogP contribution in [0, 0.1) is 0 Å². The van der Waals surface area contributed by atoms with Crippen LogP contribution >= 0.6 is 0 Å². The Morgan fingerprint density at radius 1 is 0.958 bits per heavy atom. The van der Waals surface area contributed by atoms with E-state index in [1.807, 2.05) is 6.07 Å². The average molecular weight is 333 g/mol. The fourth-order valence-electron chi connectivity index (χ4n) is 2.37. The van der Waals surface area contributed by atoms with Crippen molar-refractivity contribution in [2.45, 2.75) is 12.5 Å². The second kappa shape index (κ2) is 8.42. The van der Waals surface area contributed by atoms with Crippen molar-refractivity contribution in [1.82, 2.24) is 5.32 Å². The summed E-state index contributed by atoms with van der Waals surface area (Å²) in [6.07, 6.45) is 0.0382. The van der Waals surface area contributed by atoms with Gasteiger partial charge in [-0.25, -0.2) is 0 Å². The van der Waals surface area contributed by atoms with E-state index in [1.165, 1.54) is 20.3 Å². The normalized spacial score (nSPS) is 12.0. The minimum atomic E-state index is -0.700. The van der Waals surface area contributed by atoms with Gasteiger partial charge in [0.05, 0.1) is 20.3 Å². The van der Waals surface area contributed by atoms with Gasteiger partial charge in [0, 0.05) is 6.54 Å². The molecule has 24 heavy (non-hydrogen) atoms. The first-order valence-electron chi connectivity index (χ1n) is 7.66. The minimum absolute atomic E-state index is 0.0442. The quantitative estimate of drug-likeness (QED) is 0.552. The standard InChI is InChI=1S/C18H23NO5/c1-23-17-9-12(3-5-14(17)20)7-8-19-11-16(22)13-4-6-15(21)18(10-13)24-2/h3-6,9-10,16,19-22H,7-8,11H2,1-2H3. The van der Waals surface area contributed by atoms with Gasteiger partial charge >= 0.3 is 0 Å². The molecule has 130 valence electrons. The van der Waals surface area contributed by atoms with Crippen molar-refractivity contribution < 1.29 is 24.8 Å². The van der Waals surface area contributed by atoms with Crippen LogP contribution in [0.15, 0.2) is 36.4 Å². The van der Waals surface area contributed by atoms with Crippen LogP contribution in [-0.4, -0.2) is 42.6 Å². The van der Waals surface area contributed by atoms with Gasteiger partial charge in [0.25, 0.3) is 0 Å². The molecule has 0 amide bonds. The van der Waals surface area contributed by atoms with E-state index in [-0.39, 0.29) is 11.5 Å². The van der Waals surface area contributed by atoms with Crippen LogP contribution in [0.4, 0.5) is 0 Å². The number of benzene rings is 2. The molecular formula is C18H23NO5. The molecule has 0 aliphatic rings. The first kappa shape index (κ1) is 17.9. The topological polar surface area (TPSA) is 91.2 Å². The maximum atomic E-state index is 10.2. The largest absolute Gasteiger partial charge is 0.504 e. The van der Waals surface area contributed by atoms with Crippen molar-refractivity contribution in [3.8, 4) is 23.0 Å². The molecule has 0 saturated carbocycles. The molecule has 1 unspecified atom stereocenters. The molecule has 0 fully saturated rings. The summed E-state index contributed by atoms with van der Waals surface area (Å²) in [5.41, 5.74) is 1.70. The van der Waals surface area contributed by atoms with E-state index < -0.39 is 6.10 Å². The Kier molecular flexibility index (Phi) is 6.28. The summed E-state index contributed by atoms with van der Waals surface area (Å²) < 4.78 is 10.1. The highest BCUT2D eigenvalue weighted by Crippen LogP contribution is 2.29. The van der Waals surface area contributed by atoms with Crippen molar-refractivity contribution >= 4 is 0 Å². The summed E-state index contributed by atoms with van der Waals surface area (Å²) in [6.45, 7) is 1.04.